The highest BCUT2D eigenvalue weighted by molar-refractivity contribution is 7.85. The largest absolute Gasteiger partial charge is 0.279 e. The molecule has 1 unspecified atom stereocenters. The number of carbonyl (C=O) groups excluding carboxylic acids is 1. The Bertz CT molecular complexity index is 803. The molecule has 1 aliphatic rings. The number of amides is 1. The normalized spacial score (nSPS) is 16.0. The van der Waals surface area contributed by atoms with Crippen LogP contribution in [0, 0.1) is 10.1 Å². The molecule has 0 N–H and O–H groups in total. The molecule has 0 saturated carbocycles. The van der Waals surface area contributed by atoms with Crippen LogP contribution in [0.5, 0.6) is 0 Å². The standard InChI is InChI=1S/C14H10N2O4S/c1-9(17)15-11-4-2-3-5-13(11)21(20)14-8-10(16(18)19)6-7-12(14)15/h2-8H,1H3. The molecule has 6 nitrogen and oxygen atoms in total. The fourth-order valence-corrected chi connectivity index (χ4v) is 3.70. The summed E-state index contributed by atoms with van der Waals surface area (Å²) >= 11 is 0. The lowest BCUT2D eigenvalue weighted by Crippen LogP contribution is -2.28. The Morgan fingerprint density at radius 3 is 2.48 bits per heavy atom. The minimum absolute atomic E-state index is 0.148. The van der Waals surface area contributed by atoms with E-state index in [1.807, 2.05) is 0 Å². The van der Waals surface area contributed by atoms with Crippen LogP contribution in [0.4, 0.5) is 17.1 Å². The third-order valence-corrected chi connectivity index (χ3v) is 4.69. The Morgan fingerprint density at radius 1 is 1.14 bits per heavy atom. The van der Waals surface area contributed by atoms with Gasteiger partial charge >= 0.3 is 0 Å². The Kier molecular flexibility index (Phi) is 3.06. The molecule has 0 saturated heterocycles. The van der Waals surface area contributed by atoms with E-state index in [0.29, 0.717) is 16.3 Å². The molecule has 1 aliphatic heterocycles. The van der Waals surface area contributed by atoms with Gasteiger partial charge in [-0.05, 0) is 18.2 Å². The van der Waals surface area contributed by atoms with E-state index in [4.69, 9.17) is 0 Å². The average Bonchev–Trinajstić information content (AvgIpc) is 2.47. The first-order valence-corrected chi connectivity index (χ1v) is 7.25. The summed E-state index contributed by atoms with van der Waals surface area (Å²) in [4.78, 5) is 24.5. The number of carbonyl (C=O) groups is 1. The maximum atomic E-state index is 12.6. The van der Waals surface area contributed by atoms with Gasteiger partial charge in [-0.1, -0.05) is 12.1 Å². The molecule has 0 aliphatic carbocycles. The lowest BCUT2D eigenvalue weighted by molar-refractivity contribution is -0.385. The summed E-state index contributed by atoms with van der Waals surface area (Å²) < 4.78 is 12.6. The molecular weight excluding hydrogens is 292 g/mol. The van der Waals surface area contributed by atoms with Crippen LogP contribution < -0.4 is 4.90 Å². The van der Waals surface area contributed by atoms with Crippen molar-refractivity contribution in [2.75, 3.05) is 4.90 Å². The van der Waals surface area contributed by atoms with Gasteiger partial charge in [-0.2, -0.15) is 0 Å². The first kappa shape index (κ1) is 13.4. The minimum Gasteiger partial charge on any atom is -0.279 e. The number of non-ortho nitro benzene ring substituents is 1. The number of nitro benzene ring substituents is 1. The lowest BCUT2D eigenvalue weighted by atomic mass is 10.2. The summed E-state index contributed by atoms with van der Waals surface area (Å²) in [7, 11) is -1.55. The SMILES string of the molecule is CC(=O)N1c2ccccc2S(=O)c2cc([N+](=O)[O-])ccc21. The van der Waals surface area contributed by atoms with Gasteiger partial charge in [0.15, 0.2) is 0 Å². The topological polar surface area (TPSA) is 80.5 Å². The molecule has 106 valence electrons. The number of para-hydroxylation sites is 1. The number of fused-ring (bicyclic) bond motifs is 2. The number of nitrogens with zero attached hydrogens (tertiary/aromatic N) is 2. The Morgan fingerprint density at radius 2 is 1.81 bits per heavy atom. The second kappa shape index (κ2) is 4.78. The van der Waals surface area contributed by atoms with E-state index >= 15 is 0 Å². The lowest BCUT2D eigenvalue weighted by Gasteiger charge is -2.29. The Hall–Kier alpha value is -2.54. The molecule has 0 radical (unpaired) electrons. The predicted molar refractivity (Wildman–Crippen MR) is 77.0 cm³/mol. The van der Waals surface area contributed by atoms with Gasteiger partial charge in [0, 0.05) is 19.1 Å². The van der Waals surface area contributed by atoms with Gasteiger partial charge in [0.05, 0.1) is 36.9 Å². The molecule has 21 heavy (non-hydrogen) atoms. The summed E-state index contributed by atoms with van der Waals surface area (Å²) in [5.41, 5.74) is 0.819. The zero-order chi connectivity index (χ0) is 15.1. The fraction of sp³-hybridized carbons (Fsp3) is 0.0714. The number of rotatable bonds is 1. The molecule has 1 atom stereocenters. The highest BCUT2D eigenvalue weighted by Crippen LogP contribution is 2.43. The van der Waals surface area contributed by atoms with E-state index in [1.165, 1.54) is 30.0 Å². The monoisotopic (exact) mass is 302 g/mol. The van der Waals surface area contributed by atoms with Crippen LogP contribution in [0.25, 0.3) is 0 Å². The molecule has 0 aromatic heterocycles. The summed E-state index contributed by atoms with van der Waals surface area (Å²) in [6.45, 7) is 1.40. The Balaban J connectivity index is 2.29. The average molecular weight is 302 g/mol. The van der Waals surface area contributed by atoms with Gasteiger partial charge in [0.2, 0.25) is 5.91 Å². The highest BCUT2D eigenvalue weighted by Gasteiger charge is 2.31. The maximum Gasteiger partial charge on any atom is 0.270 e. The van der Waals surface area contributed by atoms with Gasteiger partial charge in [-0.3, -0.25) is 19.8 Å². The number of benzene rings is 2. The van der Waals surface area contributed by atoms with E-state index in [-0.39, 0.29) is 16.5 Å². The summed E-state index contributed by atoms with van der Waals surface area (Å²) in [6, 6.07) is 10.9. The molecule has 7 heteroatoms. The van der Waals surface area contributed by atoms with Crippen LogP contribution in [0.15, 0.2) is 52.3 Å². The molecule has 3 rings (SSSR count). The third-order valence-electron chi connectivity index (χ3n) is 3.22. The van der Waals surface area contributed by atoms with Crippen molar-refractivity contribution >= 4 is 33.8 Å². The maximum absolute atomic E-state index is 12.6. The second-order valence-electron chi connectivity index (χ2n) is 4.50. The van der Waals surface area contributed by atoms with E-state index in [1.54, 1.807) is 24.3 Å². The first-order valence-electron chi connectivity index (χ1n) is 6.10. The number of anilines is 2. The van der Waals surface area contributed by atoms with E-state index in [0.717, 1.165) is 0 Å². The van der Waals surface area contributed by atoms with E-state index in [2.05, 4.69) is 0 Å². The molecule has 1 amide bonds. The van der Waals surface area contributed by atoms with Crippen LogP contribution in [0.3, 0.4) is 0 Å². The van der Waals surface area contributed by atoms with Crippen molar-refractivity contribution in [3.8, 4) is 0 Å². The summed E-state index contributed by atoms with van der Waals surface area (Å²) in [6.07, 6.45) is 0. The van der Waals surface area contributed by atoms with Crippen molar-refractivity contribution in [3.63, 3.8) is 0 Å². The molecule has 2 aromatic carbocycles. The van der Waals surface area contributed by atoms with Gasteiger partial charge in [0.1, 0.15) is 0 Å². The minimum atomic E-state index is -1.55. The van der Waals surface area contributed by atoms with Crippen molar-refractivity contribution in [2.24, 2.45) is 0 Å². The van der Waals surface area contributed by atoms with Gasteiger partial charge in [-0.15, -0.1) is 0 Å². The van der Waals surface area contributed by atoms with Gasteiger partial charge in [0.25, 0.3) is 5.69 Å². The number of hydrogen-bond acceptors (Lipinski definition) is 4. The van der Waals surface area contributed by atoms with Crippen LogP contribution in [0.1, 0.15) is 6.92 Å². The zero-order valence-electron chi connectivity index (χ0n) is 11.0. The van der Waals surface area contributed by atoms with Crippen LogP contribution in [-0.2, 0) is 15.6 Å². The Labute approximate surface area is 122 Å². The van der Waals surface area contributed by atoms with Gasteiger partial charge in [-0.25, -0.2) is 4.21 Å². The van der Waals surface area contributed by atoms with E-state index in [9.17, 15) is 19.1 Å². The summed E-state index contributed by atoms with van der Waals surface area (Å²) in [5, 5.41) is 10.9. The quantitative estimate of drug-likeness (QED) is 0.599. The van der Waals surface area contributed by atoms with Crippen molar-refractivity contribution in [2.45, 2.75) is 16.7 Å². The van der Waals surface area contributed by atoms with Crippen molar-refractivity contribution in [1.82, 2.24) is 0 Å². The first-order chi connectivity index (χ1) is 10.0. The molecule has 0 spiro atoms. The predicted octanol–water partition coefficient (Wildman–Crippen LogP) is 2.76. The highest BCUT2D eigenvalue weighted by atomic mass is 32.2. The van der Waals surface area contributed by atoms with Crippen LogP contribution in [0.2, 0.25) is 0 Å². The smallest absolute Gasteiger partial charge is 0.270 e. The van der Waals surface area contributed by atoms with Crippen LogP contribution in [-0.4, -0.2) is 15.0 Å². The summed E-state index contributed by atoms with van der Waals surface area (Å²) in [5.74, 6) is -0.241. The zero-order valence-corrected chi connectivity index (χ0v) is 11.8. The second-order valence-corrected chi connectivity index (χ2v) is 5.92. The molecule has 0 bridgehead atoms. The van der Waals surface area contributed by atoms with Crippen molar-refractivity contribution in [1.29, 1.82) is 0 Å². The fourth-order valence-electron chi connectivity index (χ4n) is 2.34. The van der Waals surface area contributed by atoms with E-state index < -0.39 is 15.7 Å². The number of hydrogen-bond donors (Lipinski definition) is 0. The molecule has 2 aromatic rings. The third kappa shape index (κ3) is 2.02. The van der Waals surface area contributed by atoms with Gasteiger partial charge < -0.3 is 0 Å². The van der Waals surface area contributed by atoms with Crippen molar-refractivity contribution in [3.05, 3.63) is 52.6 Å². The molecule has 1 heterocycles. The molecule has 0 fully saturated rings. The van der Waals surface area contributed by atoms with Crippen molar-refractivity contribution < 1.29 is 13.9 Å². The number of nitro groups is 1. The molecular formula is C14H10N2O4S. The van der Waals surface area contributed by atoms with Crippen LogP contribution >= 0.6 is 0 Å².